The molecule has 1 N–H and O–H groups in total. The van der Waals surface area contributed by atoms with Crippen LogP contribution in [0.2, 0.25) is 0 Å². The van der Waals surface area contributed by atoms with Crippen molar-refractivity contribution >= 4 is 29.1 Å². The smallest absolute Gasteiger partial charge is 0.416 e. The molecule has 0 unspecified atom stereocenters. The van der Waals surface area contributed by atoms with Crippen molar-refractivity contribution in [1.82, 2.24) is 5.32 Å². The molecule has 152 valence electrons. The summed E-state index contributed by atoms with van der Waals surface area (Å²) in [7, 11) is 1.49. The average molecular weight is 423 g/mol. The molecule has 2 aromatic carbocycles. The van der Waals surface area contributed by atoms with E-state index in [9.17, 15) is 18.0 Å². The molecular weight excluding hydrogens is 407 g/mol. The summed E-state index contributed by atoms with van der Waals surface area (Å²) in [6.45, 7) is 0.00654. The number of methoxy groups -OCH3 is 1. The lowest BCUT2D eigenvalue weighted by Crippen LogP contribution is -2.19. The highest BCUT2D eigenvalue weighted by molar-refractivity contribution is 8.15. The van der Waals surface area contributed by atoms with Crippen LogP contribution in [0.5, 0.6) is 11.5 Å². The average Bonchev–Trinajstić information content (AvgIpc) is 3.11. The van der Waals surface area contributed by atoms with Crippen LogP contribution in [0.3, 0.4) is 0 Å². The third kappa shape index (κ3) is 5.74. The maximum absolute atomic E-state index is 12.8. The summed E-state index contributed by atoms with van der Waals surface area (Å²) in [5, 5.41) is 10.8. The molecule has 6 nitrogen and oxygen atoms in total. The van der Waals surface area contributed by atoms with Gasteiger partial charge in [0, 0.05) is 5.56 Å². The van der Waals surface area contributed by atoms with E-state index in [-0.39, 0.29) is 18.3 Å². The van der Waals surface area contributed by atoms with E-state index in [0.29, 0.717) is 27.8 Å². The quantitative estimate of drug-likeness (QED) is 0.566. The fourth-order valence-electron chi connectivity index (χ4n) is 2.44. The number of benzene rings is 2. The molecule has 0 saturated carbocycles. The van der Waals surface area contributed by atoms with E-state index in [2.05, 4.69) is 15.5 Å². The molecule has 0 spiro atoms. The van der Waals surface area contributed by atoms with Crippen LogP contribution in [0.25, 0.3) is 0 Å². The van der Waals surface area contributed by atoms with Gasteiger partial charge in [0.05, 0.1) is 24.6 Å². The topological polar surface area (TPSA) is 72.3 Å². The normalized spacial score (nSPS) is 15.7. The van der Waals surface area contributed by atoms with Gasteiger partial charge in [0.1, 0.15) is 18.1 Å². The van der Waals surface area contributed by atoms with Crippen molar-refractivity contribution in [2.24, 2.45) is 10.2 Å². The number of nitrogens with one attached hydrogen (secondary N) is 1. The van der Waals surface area contributed by atoms with Gasteiger partial charge in [0.25, 0.3) is 0 Å². The van der Waals surface area contributed by atoms with Gasteiger partial charge in [-0.3, -0.25) is 4.79 Å². The van der Waals surface area contributed by atoms with Crippen LogP contribution in [0, 0.1) is 0 Å². The Morgan fingerprint density at radius 3 is 2.76 bits per heavy atom. The number of hydrogen-bond acceptors (Lipinski definition) is 6. The maximum Gasteiger partial charge on any atom is 0.416 e. The summed E-state index contributed by atoms with van der Waals surface area (Å²) < 4.78 is 49.3. The van der Waals surface area contributed by atoms with Crippen molar-refractivity contribution in [2.75, 3.05) is 12.9 Å². The molecule has 1 aliphatic heterocycles. The first-order chi connectivity index (χ1) is 13.8. The number of amidine groups is 1. The summed E-state index contributed by atoms with van der Waals surface area (Å²) in [5.41, 5.74) is 0.538. The van der Waals surface area contributed by atoms with Crippen LogP contribution in [0.15, 0.2) is 52.7 Å². The minimum atomic E-state index is -4.44. The fourth-order valence-corrected chi connectivity index (χ4v) is 3.07. The van der Waals surface area contributed by atoms with Crippen LogP contribution in [-0.2, 0) is 17.6 Å². The number of ether oxygens (including phenoxy) is 2. The summed E-state index contributed by atoms with van der Waals surface area (Å²) in [5.74, 6) is 0.816. The van der Waals surface area contributed by atoms with Crippen LogP contribution in [-0.4, -0.2) is 30.2 Å². The molecule has 2 aromatic rings. The predicted molar refractivity (Wildman–Crippen MR) is 104 cm³/mol. The van der Waals surface area contributed by atoms with Gasteiger partial charge in [-0.25, -0.2) is 0 Å². The molecular formula is C19H16F3N3O3S. The summed E-state index contributed by atoms with van der Waals surface area (Å²) in [6, 6.07) is 9.85. The molecule has 1 aliphatic rings. The van der Waals surface area contributed by atoms with Crippen molar-refractivity contribution in [3.63, 3.8) is 0 Å². The minimum Gasteiger partial charge on any atom is -0.496 e. The zero-order valence-corrected chi connectivity index (χ0v) is 16.0. The van der Waals surface area contributed by atoms with Gasteiger partial charge >= 0.3 is 6.18 Å². The molecule has 0 atom stereocenters. The number of thioether (sulfide) groups is 1. The Bertz CT molecular complexity index is 961. The zero-order valence-electron chi connectivity index (χ0n) is 15.2. The van der Waals surface area contributed by atoms with Crippen molar-refractivity contribution in [1.29, 1.82) is 0 Å². The van der Waals surface area contributed by atoms with Crippen molar-refractivity contribution in [2.45, 2.75) is 12.8 Å². The lowest BCUT2D eigenvalue weighted by molar-refractivity contribution is -0.137. The Hall–Kier alpha value is -3.01. The van der Waals surface area contributed by atoms with Crippen LogP contribution >= 0.6 is 11.8 Å². The highest BCUT2D eigenvalue weighted by Crippen LogP contribution is 2.31. The summed E-state index contributed by atoms with van der Waals surface area (Å²) in [4.78, 5) is 11.1. The van der Waals surface area contributed by atoms with Gasteiger partial charge in [-0.15, -0.1) is 5.10 Å². The zero-order chi connectivity index (χ0) is 20.9. The molecule has 0 aromatic heterocycles. The Morgan fingerprint density at radius 1 is 1.24 bits per heavy atom. The molecule has 0 radical (unpaired) electrons. The first kappa shape index (κ1) is 20.7. The third-order valence-electron chi connectivity index (χ3n) is 3.80. The number of carbonyl (C=O) groups excluding carboxylic acids is 1. The Labute approximate surface area is 168 Å². The Kier molecular flexibility index (Phi) is 6.42. The minimum absolute atomic E-state index is 0.00654. The molecule has 29 heavy (non-hydrogen) atoms. The number of halogens is 3. The van der Waals surface area contributed by atoms with Crippen LogP contribution < -0.4 is 14.8 Å². The molecule has 1 fully saturated rings. The van der Waals surface area contributed by atoms with Crippen LogP contribution in [0.1, 0.15) is 16.7 Å². The number of alkyl halides is 3. The molecule has 1 heterocycles. The number of nitrogens with zero attached hydrogens (tertiary/aromatic N) is 2. The van der Waals surface area contributed by atoms with E-state index in [1.165, 1.54) is 37.2 Å². The van der Waals surface area contributed by atoms with E-state index in [1.54, 1.807) is 18.2 Å². The molecule has 0 bridgehead atoms. The van der Waals surface area contributed by atoms with E-state index < -0.39 is 11.7 Å². The number of carbonyl (C=O) groups is 1. The van der Waals surface area contributed by atoms with Crippen molar-refractivity contribution in [3.8, 4) is 11.5 Å². The van der Waals surface area contributed by atoms with Crippen LogP contribution in [0.4, 0.5) is 13.2 Å². The molecule has 1 saturated heterocycles. The molecule has 1 amide bonds. The Morgan fingerprint density at radius 2 is 2.07 bits per heavy atom. The maximum atomic E-state index is 12.8. The lowest BCUT2D eigenvalue weighted by atomic mass is 10.1. The summed E-state index contributed by atoms with van der Waals surface area (Å²) in [6.07, 6.45) is -2.95. The van der Waals surface area contributed by atoms with E-state index >= 15 is 0 Å². The standard InChI is InChI=1S/C19H16F3N3O3S/c1-27-16-6-5-12(9-23-25-18-24-17(26)11-29-18)7-13(16)10-28-15-4-2-3-14(8-15)19(20,21)22/h2-9H,10-11H2,1H3,(H,24,25,26). The highest BCUT2D eigenvalue weighted by atomic mass is 32.2. The largest absolute Gasteiger partial charge is 0.496 e. The molecule has 10 heteroatoms. The molecule has 3 rings (SSSR count). The number of hydrogen-bond donors (Lipinski definition) is 1. The first-order valence-corrected chi connectivity index (χ1v) is 9.34. The second kappa shape index (κ2) is 8.99. The predicted octanol–water partition coefficient (Wildman–Crippen LogP) is 3.85. The first-order valence-electron chi connectivity index (χ1n) is 8.36. The molecule has 0 aliphatic carbocycles. The van der Waals surface area contributed by atoms with Gasteiger partial charge in [0.2, 0.25) is 5.91 Å². The van der Waals surface area contributed by atoms with Gasteiger partial charge < -0.3 is 14.8 Å². The monoisotopic (exact) mass is 423 g/mol. The van der Waals surface area contributed by atoms with Gasteiger partial charge in [0.15, 0.2) is 5.17 Å². The fraction of sp³-hybridized carbons (Fsp3) is 0.211. The van der Waals surface area contributed by atoms with Crippen molar-refractivity contribution < 1.29 is 27.4 Å². The van der Waals surface area contributed by atoms with Gasteiger partial charge in [-0.1, -0.05) is 17.8 Å². The highest BCUT2D eigenvalue weighted by Gasteiger charge is 2.30. The third-order valence-corrected chi connectivity index (χ3v) is 4.67. The number of amides is 1. The second-order valence-electron chi connectivity index (χ2n) is 5.87. The SMILES string of the molecule is COc1ccc(C=NN=C2NC(=O)CS2)cc1COc1cccc(C(F)(F)F)c1. The Balaban J connectivity index is 1.72. The van der Waals surface area contributed by atoms with Crippen molar-refractivity contribution in [3.05, 3.63) is 59.2 Å². The van der Waals surface area contributed by atoms with Gasteiger partial charge in [-0.2, -0.15) is 18.3 Å². The van der Waals surface area contributed by atoms with E-state index in [4.69, 9.17) is 9.47 Å². The van der Waals surface area contributed by atoms with E-state index in [1.807, 2.05) is 0 Å². The second-order valence-corrected chi connectivity index (χ2v) is 6.84. The van der Waals surface area contributed by atoms with E-state index in [0.717, 1.165) is 12.1 Å². The number of rotatable bonds is 6. The van der Waals surface area contributed by atoms with Gasteiger partial charge in [-0.05, 0) is 42.0 Å². The lowest BCUT2D eigenvalue weighted by Gasteiger charge is -2.12. The summed E-state index contributed by atoms with van der Waals surface area (Å²) >= 11 is 1.26.